The van der Waals surface area contributed by atoms with E-state index < -0.39 is 46.3 Å². The quantitative estimate of drug-likeness (QED) is 0.316. The third-order valence-corrected chi connectivity index (χ3v) is 6.12. The van der Waals surface area contributed by atoms with Crippen LogP contribution in [0.5, 0.6) is 0 Å². The number of nitrogen functional groups attached to an aromatic ring is 1. The highest BCUT2D eigenvalue weighted by Gasteiger charge is 2.42. The number of anilines is 3. The average molecular weight is 550 g/mol. The Bertz CT molecular complexity index is 1360. The number of halogens is 5. The molecule has 1 atom stereocenters. The lowest BCUT2D eigenvalue weighted by Crippen LogP contribution is -2.49. The largest absolute Gasteiger partial charge is 0.418 e. The molecule has 2 amide bonds. The Hall–Kier alpha value is -4.33. The molecule has 4 rings (SSSR count). The van der Waals surface area contributed by atoms with Gasteiger partial charge in [0.2, 0.25) is 5.91 Å². The SMILES string of the molecule is Nc1ccc(C(=O)NC[C@@]2(C(=O)NCc3ncc(Nc4ccc(F)cc4C(F)(F)F)cc3F)CCOC2)cn1. The lowest BCUT2D eigenvalue weighted by molar-refractivity contribution is -0.137. The van der Waals surface area contributed by atoms with E-state index in [1.165, 1.54) is 18.3 Å². The first-order valence-corrected chi connectivity index (χ1v) is 11.6. The van der Waals surface area contributed by atoms with Crippen LogP contribution in [0.4, 0.5) is 39.1 Å². The lowest BCUT2D eigenvalue weighted by Gasteiger charge is -2.26. The van der Waals surface area contributed by atoms with Gasteiger partial charge in [-0.15, -0.1) is 0 Å². The number of ether oxygens (including phenoxy) is 1. The van der Waals surface area contributed by atoms with E-state index in [1.807, 2.05) is 0 Å². The summed E-state index contributed by atoms with van der Waals surface area (Å²) >= 11 is 0. The third kappa shape index (κ3) is 6.57. The zero-order valence-corrected chi connectivity index (χ0v) is 20.2. The number of nitrogens with one attached hydrogen (secondary N) is 3. The van der Waals surface area contributed by atoms with E-state index in [0.717, 1.165) is 24.4 Å². The van der Waals surface area contributed by atoms with Crippen LogP contribution in [-0.2, 0) is 22.3 Å². The molecule has 1 saturated heterocycles. The number of rotatable bonds is 8. The fourth-order valence-electron chi connectivity index (χ4n) is 3.93. The van der Waals surface area contributed by atoms with Crippen LogP contribution in [0.15, 0.2) is 48.8 Å². The molecule has 2 aromatic heterocycles. The Balaban J connectivity index is 1.40. The number of hydrogen-bond donors (Lipinski definition) is 4. The second-order valence-electron chi connectivity index (χ2n) is 8.89. The molecule has 206 valence electrons. The molecule has 0 spiro atoms. The maximum absolute atomic E-state index is 14.7. The molecule has 3 heterocycles. The molecule has 1 aliphatic rings. The van der Waals surface area contributed by atoms with Gasteiger partial charge in [0.1, 0.15) is 17.5 Å². The Labute approximate surface area is 219 Å². The normalized spacial score (nSPS) is 17.1. The molecule has 5 N–H and O–H groups in total. The van der Waals surface area contributed by atoms with Crippen LogP contribution < -0.4 is 21.7 Å². The first kappa shape index (κ1) is 27.7. The second kappa shape index (κ2) is 11.2. The van der Waals surface area contributed by atoms with E-state index in [0.29, 0.717) is 12.5 Å². The minimum Gasteiger partial charge on any atom is -0.384 e. The molecule has 9 nitrogen and oxygen atoms in total. The van der Waals surface area contributed by atoms with Gasteiger partial charge in [0.15, 0.2) is 0 Å². The van der Waals surface area contributed by atoms with Gasteiger partial charge in [0, 0.05) is 25.4 Å². The topological polar surface area (TPSA) is 131 Å². The van der Waals surface area contributed by atoms with E-state index in [1.54, 1.807) is 0 Å². The summed E-state index contributed by atoms with van der Waals surface area (Å²) in [5.74, 6) is -2.68. The van der Waals surface area contributed by atoms with E-state index in [9.17, 15) is 31.5 Å². The van der Waals surface area contributed by atoms with Crippen LogP contribution >= 0.6 is 0 Å². The number of amides is 2. The number of benzene rings is 1. The molecule has 0 radical (unpaired) electrons. The molecule has 0 bridgehead atoms. The molecule has 1 fully saturated rings. The minimum absolute atomic E-state index is 0.0249. The highest BCUT2D eigenvalue weighted by Crippen LogP contribution is 2.36. The van der Waals surface area contributed by atoms with Crippen molar-refractivity contribution in [3.63, 3.8) is 0 Å². The monoisotopic (exact) mass is 550 g/mol. The Morgan fingerprint density at radius 3 is 2.49 bits per heavy atom. The van der Waals surface area contributed by atoms with Gasteiger partial charge in [0.05, 0.1) is 53.0 Å². The summed E-state index contributed by atoms with van der Waals surface area (Å²) in [4.78, 5) is 33.2. The van der Waals surface area contributed by atoms with Crippen molar-refractivity contribution in [3.05, 3.63) is 77.2 Å². The van der Waals surface area contributed by atoms with Gasteiger partial charge in [-0.3, -0.25) is 14.6 Å². The van der Waals surface area contributed by atoms with Crippen LogP contribution in [-0.4, -0.2) is 41.5 Å². The molecule has 0 aliphatic carbocycles. The van der Waals surface area contributed by atoms with E-state index >= 15 is 0 Å². The van der Waals surface area contributed by atoms with Crippen molar-refractivity contribution in [2.45, 2.75) is 19.1 Å². The highest BCUT2D eigenvalue weighted by molar-refractivity contribution is 5.94. The van der Waals surface area contributed by atoms with Crippen molar-refractivity contribution < 1.29 is 36.3 Å². The molecular weight excluding hydrogens is 527 g/mol. The first-order chi connectivity index (χ1) is 18.5. The zero-order valence-electron chi connectivity index (χ0n) is 20.2. The van der Waals surface area contributed by atoms with Crippen molar-refractivity contribution in [2.24, 2.45) is 5.41 Å². The predicted octanol–water partition coefficient (Wildman–Crippen LogP) is 3.55. The summed E-state index contributed by atoms with van der Waals surface area (Å²) in [5.41, 5.74) is 2.64. The maximum Gasteiger partial charge on any atom is 0.418 e. The van der Waals surface area contributed by atoms with Crippen molar-refractivity contribution in [3.8, 4) is 0 Å². The van der Waals surface area contributed by atoms with Crippen LogP contribution in [0, 0.1) is 17.0 Å². The van der Waals surface area contributed by atoms with E-state index in [4.69, 9.17) is 10.5 Å². The average Bonchev–Trinajstić information content (AvgIpc) is 3.38. The van der Waals surface area contributed by atoms with Gasteiger partial charge in [0.25, 0.3) is 5.91 Å². The molecule has 3 aromatic rings. The number of carbonyl (C=O) groups excluding carboxylic acids is 2. The third-order valence-electron chi connectivity index (χ3n) is 6.12. The number of hydrogen-bond acceptors (Lipinski definition) is 7. The van der Waals surface area contributed by atoms with Gasteiger partial charge in [-0.25, -0.2) is 13.8 Å². The van der Waals surface area contributed by atoms with Crippen molar-refractivity contribution in [1.29, 1.82) is 0 Å². The number of alkyl halides is 3. The van der Waals surface area contributed by atoms with Crippen molar-refractivity contribution in [2.75, 3.05) is 30.8 Å². The molecule has 14 heteroatoms. The number of nitrogens with two attached hydrogens (primary N) is 1. The molecule has 1 aromatic carbocycles. The van der Waals surface area contributed by atoms with E-state index in [2.05, 4.69) is 25.9 Å². The summed E-state index contributed by atoms with van der Waals surface area (Å²) in [6.45, 7) is -0.0764. The first-order valence-electron chi connectivity index (χ1n) is 11.6. The summed E-state index contributed by atoms with van der Waals surface area (Å²) in [5, 5.41) is 7.65. The number of aromatic nitrogens is 2. The standard InChI is InChI=1S/C25H23F5N6O3/c26-15-2-3-19(17(7-15)25(28,29)30)36-16-8-18(27)20(32-10-16)11-34-23(38)24(5-6-39-13-24)12-35-22(37)14-1-4-21(31)33-9-14/h1-4,7-10,36H,5-6,11-13H2,(H2,31,33)(H,34,38)(H,35,37)/t24-/m0/s1. The van der Waals surface area contributed by atoms with Crippen LogP contribution in [0.2, 0.25) is 0 Å². The Morgan fingerprint density at radius 2 is 1.85 bits per heavy atom. The number of nitrogens with zero attached hydrogens (tertiary/aromatic N) is 2. The van der Waals surface area contributed by atoms with Gasteiger partial charge >= 0.3 is 6.18 Å². The summed E-state index contributed by atoms with van der Waals surface area (Å²) in [7, 11) is 0. The smallest absolute Gasteiger partial charge is 0.384 e. The van der Waals surface area contributed by atoms with Crippen LogP contribution in [0.1, 0.15) is 28.0 Å². The van der Waals surface area contributed by atoms with Gasteiger partial charge in [-0.1, -0.05) is 0 Å². The number of pyridine rings is 2. The minimum atomic E-state index is -4.84. The fourth-order valence-corrected chi connectivity index (χ4v) is 3.93. The predicted molar refractivity (Wildman–Crippen MR) is 130 cm³/mol. The lowest BCUT2D eigenvalue weighted by atomic mass is 9.86. The van der Waals surface area contributed by atoms with Gasteiger partial charge in [-0.05, 0) is 36.8 Å². The van der Waals surface area contributed by atoms with Crippen molar-refractivity contribution >= 4 is 29.0 Å². The summed E-state index contributed by atoms with van der Waals surface area (Å²) in [6, 6.07) is 5.91. The van der Waals surface area contributed by atoms with Crippen LogP contribution in [0.25, 0.3) is 0 Å². The molecule has 1 aliphatic heterocycles. The van der Waals surface area contributed by atoms with Gasteiger partial charge in [-0.2, -0.15) is 13.2 Å². The molecule has 0 saturated carbocycles. The Morgan fingerprint density at radius 1 is 1.05 bits per heavy atom. The maximum atomic E-state index is 14.7. The zero-order chi connectivity index (χ0) is 28.2. The van der Waals surface area contributed by atoms with Crippen LogP contribution in [0.3, 0.4) is 0 Å². The number of carbonyl (C=O) groups is 2. The Kier molecular flexibility index (Phi) is 7.95. The highest BCUT2D eigenvalue weighted by atomic mass is 19.4. The second-order valence-corrected chi connectivity index (χ2v) is 8.89. The van der Waals surface area contributed by atoms with Crippen molar-refractivity contribution in [1.82, 2.24) is 20.6 Å². The fraction of sp³-hybridized carbons (Fsp3) is 0.280. The summed E-state index contributed by atoms with van der Waals surface area (Å²) < 4.78 is 73.1. The summed E-state index contributed by atoms with van der Waals surface area (Å²) in [6.07, 6.45) is -2.15. The van der Waals surface area contributed by atoms with Gasteiger partial charge < -0.3 is 26.4 Å². The van der Waals surface area contributed by atoms with E-state index in [-0.39, 0.29) is 49.1 Å². The molecular formula is C25H23F5N6O3. The molecule has 0 unspecified atom stereocenters. The molecule has 39 heavy (non-hydrogen) atoms.